The Hall–Kier alpha value is -0.910. The van der Waals surface area contributed by atoms with Crippen molar-refractivity contribution >= 4 is 17.2 Å². The maximum absolute atomic E-state index is 12.9. The molecule has 1 fully saturated rings. The molecule has 22 heavy (non-hydrogen) atoms. The number of hydrogen-bond acceptors (Lipinski definition) is 4. The third kappa shape index (κ3) is 3.89. The number of nitrogens with zero attached hydrogens (tertiary/aromatic N) is 2. The van der Waals surface area contributed by atoms with Crippen molar-refractivity contribution in [2.75, 3.05) is 13.6 Å². The summed E-state index contributed by atoms with van der Waals surface area (Å²) in [6.45, 7) is 9.78. The van der Waals surface area contributed by atoms with E-state index >= 15 is 0 Å². The summed E-state index contributed by atoms with van der Waals surface area (Å²) in [4.78, 5) is 18.4. The Morgan fingerprint density at radius 3 is 2.45 bits per heavy atom. The highest BCUT2D eigenvalue weighted by Gasteiger charge is 2.46. The van der Waals surface area contributed by atoms with E-state index in [9.17, 15) is 4.79 Å². The topological polar surface area (TPSA) is 49.6 Å². The lowest BCUT2D eigenvalue weighted by Crippen LogP contribution is -2.66. The zero-order valence-electron chi connectivity index (χ0n) is 14.4. The molecule has 0 radical (unpaired) electrons. The molecule has 2 rings (SSSR count). The normalized spacial score (nSPS) is 21.3. The molecule has 0 aromatic carbocycles. The van der Waals surface area contributed by atoms with Crippen molar-refractivity contribution in [2.45, 2.75) is 64.2 Å². The van der Waals surface area contributed by atoms with Crippen LogP contribution in [0, 0.1) is 0 Å². The number of nitrogens with two attached hydrogens (primary N) is 1. The van der Waals surface area contributed by atoms with Crippen LogP contribution >= 0.6 is 11.3 Å². The molecule has 1 aliphatic heterocycles. The van der Waals surface area contributed by atoms with Gasteiger partial charge in [-0.25, -0.2) is 0 Å². The number of thiophene rings is 1. The highest BCUT2D eigenvalue weighted by atomic mass is 32.1. The Morgan fingerprint density at radius 1 is 1.36 bits per heavy atom. The number of likely N-dealkylation sites (tertiary alicyclic amines) is 1. The van der Waals surface area contributed by atoms with Crippen molar-refractivity contribution in [1.82, 2.24) is 9.80 Å². The first-order valence-corrected chi connectivity index (χ1v) is 8.79. The first kappa shape index (κ1) is 17.4. The third-order valence-corrected chi connectivity index (χ3v) is 5.26. The lowest BCUT2D eigenvalue weighted by Gasteiger charge is -2.55. The van der Waals surface area contributed by atoms with Crippen LogP contribution in [0.5, 0.6) is 0 Å². The predicted molar refractivity (Wildman–Crippen MR) is 92.9 cm³/mol. The van der Waals surface area contributed by atoms with Gasteiger partial charge < -0.3 is 10.6 Å². The van der Waals surface area contributed by atoms with Gasteiger partial charge in [0.15, 0.2) is 0 Å². The molecule has 0 unspecified atom stereocenters. The maximum atomic E-state index is 12.9. The molecule has 0 saturated carbocycles. The van der Waals surface area contributed by atoms with Crippen LogP contribution in [0.2, 0.25) is 0 Å². The Bertz CT molecular complexity index is 492. The second-order valence-electron chi connectivity index (χ2n) is 7.77. The Kier molecular flexibility index (Phi) is 5.00. The largest absolute Gasteiger partial charge is 0.331 e. The molecule has 5 heteroatoms. The minimum Gasteiger partial charge on any atom is -0.331 e. The first-order chi connectivity index (χ1) is 10.1. The van der Waals surface area contributed by atoms with Crippen LogP contribution in [0.1, 0.15) is 45.4 Å². The van der Waals surface area contributed by atoms with Gasteiger partial charge in [-0.15, -0.1) is 11.3 Å². The fraction of sp³-hybridized carbons (Fsp3) is 0.706. The van der Waals surface area contributed by atoms with Crippen LogP contribution in [0.4, 0.5) is 0 Å². The summed E-state index contributed by atoms with van der Waals surface area (Å²) in [5.74, 6) is 0.195. The standard InChI is InChI=1S/C17H29N3OS/c1-16(2)9-13(18)10-17(3,4)20(16)15(21)12-19(5)11-14-7-6-8-22-14/h6-8,13H,9-12,18H2,1-5H3. The molecule has 0 spiro atoms. The average Bonchev–Trinajstić information content (AvgIpc) is 2.76. The van der Waals surface area contributed by atoms with E-state index in [1.54, 1.807) is 11.3 Å². The SMILES string of the molecule is CN(CC(=O)N1C(C)(C)CC(N)CC1(C)C)Cc1cccs1. The molecule has 1 aromatic heterocycles. The molecule has 0 aliphatic carbocycles. The number of hydrogen-bond donors (Lipinski definition) is 1. The molecule has 2 heterocycles. The van der Waals surface area contributed by atoms with Crippen LogP contribution in [-0.2, 0) is 11.3 Å². The second-order valence-corrected chi connectivity index (χ2v) is 8.81. The number of piperidine rings is 1. The molecule has 1 amide bonds. The van der Waals surface area contributed by atoms with Crippen molar-refractivity contribution in [1.29, 1.82) is 0 Å². The Morgan fingerprint density at radius 2 is 1.95 bits per heavy atom. The Balaban J connectivity index is 2.06. The summed E-state index contributed by atoms with van der Waals surface area (Å²) < 4.78 is 0. The number of carbonyl (C=O) groups is 1. The molecule has 0 atom stereocenters. The van der Waals surface area contributed by atoms with E-state index in [1.807, 2.05) is 13.1 Å². The zero-order chi connectivity index (χ0) is 16.5. The molecule has 0 bridgehead atoms. The molecular formula is C17H29N3OS. The molecule has 124 valence electrons. The number of carbonyl (C=O) groups excluding carboxylic acids is 1. The Labute approximate surface area is 138 Å². The van der Waals surface area contributed by atoms with E-state index in [-0.39, 0.29) is 23.0 Å². The van der Waals surface area contributed by atoms with E-state index in [4.69, 9.17) is 5.73 Å². The van der Waals surface area contributed by atoms with Gasteiger partial charge >= 0.3 is 0 Å². The lowest BCUT2D eigenvalue weighted by atomic mass is 9.77. The highest BCUT2D eigenvalue weighted by Crippen LogP contribution is 2.37. The zero-order valence-corrected chi connectivity index (χ0v) is 15.2. The minimum absolute atomic E-state index is 0.165. The summed E-state index contributed by atoms with van der Waals surface area (Å²) in [7, 11) is 2.01. The monoisotopic (exact) mass is 323 g/mol. The summed E-state index contributed by atoms with van der Waals surface area (Å²) in [5.41, 5.74) is 5.81. The van der Waals surface area contributed by atoms with Gasteiger partial charge in [0.1, 0.15) is 0 Å². The highest BCUT2D eigenvalue weighted by molar-refractivity contribution is 7.09. The second kappa shape index (κ2) is 6.30. The van der Waals surface area contributed by atoms with Crippen LogP contribution < -0.4 is 5.73 Å². The average molecular weight is 324 g/mol. The maximum Gasteiger partial charge on any atom is 0.237 e. The molecule has 1 saturated heterocycles. The van der Waals surface area contributed by atoms with Crippen molar-refractivity contribution in [3.8, 4) is 0 Å². The van der Waals surface area contributed by atoms with Gasteiger partial charge in [0.05, 0.1) is 6.54 Å². The van der Waals surface area contributed by atoms with Crippen molar-refractivity contribution in [3.63, 3.8) is 0 Å². The predicted octanol–water partition coefficient (Wildman–Crippen LogP) is 2.69. The lowest BCUT2D eigenvalue weighted by molar-refractivity contribution is -0.150. The number of amides is 1. The third-order valence-electron chi connectivity index (χ3n) is 4.39. The van der Waals surface area contributed by atoms with Gasteiger partial charge in [-0.05, 0) is 59.0 Å². The van der Waals surface area contributed by atoms with Crippen LogP contribution in [0.15, 0.2) is 17.5 Å². The summed E-state index contributed by atoms with van der Waals surface area (Å²) in [6.07, 6.45) is 1.72. The smallest absolute Gasteiger partial charge is 0.237 e. The van der Waals surface area contributed by atoms with Crippen molar-refractivity contribution in [2.24, 2.45) is 5.73 Å². The molecule has 1 aromatic rings. The van der Waals surface area contributed by atoms with Gasteiger partial charge in [0, 0.05) is 28.5 Å². The van der Waals surface area contributed by atoms with Gasteiger partial charge in [0.25, 0.3) is 0 Å². The quantitative estimate of drug-likeness (QED) is 0.927. The van der Waals surface area contributed by atoms with E-state index in [0.717, 1.165) is 19.4 Å². The van der Waals surface area contributed by atoms with Gasteiger partial charge in [0.2, 0.25) is 5.91 Å². The number of rotatable bonds is 4. The van der Waals surface area contributed by atoms with E-state index in [2.05, 4.69) is 48.9 Å². The molecule has 4 nitrogen and oxygen atoms in total. The van der Waals surface area contributed by atoms with Gasteiger partial charge in [-0.2, -0.15) is 0 Å². The summed E-state index contributed by atoms with van der Waals surface area (Å²) in [5, 5.41) is 2.07. The molecular weight excluding hydrogens is 294 g/mol. The van der Waals surface area contributed by atoms with Crippen LogP contribution in [0.25, 0.3) is 0 Å². The van der Waals surface area contributed by atoms with Crippen molar-refractivity contribution in [3.05, 3.63) is 22.4 Å². The van der Waals surface area contributed by atoms with Gasteiger partial charge in [-0.1, -0.05) is 6.07 Å². The fourth-order valence-electron chi connectivity index (χ4n) is 4.06. The van der Waals surface area contributed by atoms with E-state index < -0.39 is 0 Å². The molecule has 1 aliphatic rings. The van der Waals surface area contributed by atoms with Gasteiger partial charge in [-0.3, -0.25) is 9.69 Å². The van der Waals surface area contributed by atoms with Crippen molar-refractivity contribution < 1.29 is 4.79 Å². The van der Waals surface area contributed by atoms with Crippen LogP contribution in [0.3, 0.4) is 0 Å². The fourth-order valence-corrected chi connectivity index (χ4v) is 4.84. The van der Waals surface area contributed by atoms with Crippen LogP contribution in [-0.4, -0.2) is 46.4 Å². The summed E-state index contributed by atoms with van der Waals surface area (Å²) in [6, 6.07) is 4.32. The molecule has 2 N–H and O–H groups in total. The number of likely N-dealkylation sites (N-methyl/N-ethyl adjacent to an activating group) is 1. The van der Waals surface area contributed by atoms with E-state index in [1.165, 1.54) is 4.88 Å². The minimum atomic E-state index is -0.192. The van der Waals surface area contributed by atoms with E-state index in [0.29, 0.717) is 6.54 Å². The summed E-state index contributed by atoms with van der Waals surface area (Å²) >= 11 is 1.73. The first-order valence-electron chi connectivity index (χ1n) is 7.91.